The smallest absolute Gasteiger partial charge is 0.341 e. The van der Waals surface area contributed by atoms with Gasteiger partial charge in [0.05, 0.1) is 18.7 Å². The lowest BCUT2D eigenvalue weighted by atomic mass is 10.1. The molecule has 2 aromatic rings. The predicted octanol–water partition coefficient (Wildman–Crippen LogP) is 3.75. The minimum absolute atomic E-state index is 0.156. The minimum atomic E-state index is -0.356. The van der Waals surface area contributed by atoms with Gasteiger partial charge in [0.25, 0.3) is 0 Å². The second-order valence-corrected chi connectivity index (χ2v) is 7.72. The quantitative estimate of drug-likeness (QED) is 0.613. The van der Waals surface area contributed by atoms with E-state index in [1.807, 2.05) is 47.7 Å². The summed E-state index contributed by atoms with van der Waals surface area (Å²) in [6.45, 7) is 3.43. The Balaban J connectivity index is 1.52. The third kappa shape index (κ3) is 5.56. The van der Waals surface area contributed by atoms with Crippen LogP contribution in [0.25, 0.3) is 0 Å². The molecule has 28 heavy (non-hydrogen) atoms. The Labute approximate surface area is 169 Å². The summed E-state index contributed by atoms with van der Waals surface area (Å²) in [5.41, 5.74) is 1.53. The fraction of sp³-hybridized carbons (Fsp3) is 0.429. The van der Waals surface area contributed by atoms with Crippen molar-refractivity contribution in [2.24, 2.45) is 0 Å². The number of nitrogens with one attached hydrogen (secondary N) is 1. The van der Waals surface area contributed by atoms with Gasteiger partial charge in [-0.05, 0) is 55.8 Å². The predicted molar refractivity (Wildman–Crippen MR) is 110 cm³/mol. The number of amides is 1. The SMILES string of the molecule is CCOC(=O)c1c(C2CC2)csc1NC(=O)CN(C)CCOc1ccccc1. The Kier molecular flexibility index (Phi) is 7.06. The van der Waals surface area contributed by atoms with Crippen LogP contribution in [0.1, 0.15) is 41.6 Å². The van der Waals surface area contributed by atoms with E-state index in [0.29, 0.717) is 36.2 Å². The van der Waals surface area contributed by atoms with Gasteiger partial charge >= 0.3 is 5.97 Å². The summed E-state index contributed by atoms with van der Waals surface area (Å²) in [5.74, 6) is 0.715. The molecule has 1 fully saturated rings. The Morgan fingerprint density at radius 3 is 2.68 bits per heavy atom. The first-order valence-electron chi connectivity index (χ1n) is 9.53. The zero-order valence-corrected chi connectivity index (χ0v) is 17.1. The maximum absolute atomic E-state index is 12.4. The van der Waals surface area contributed by atoms with E-state index < -0.39 is 0 Å². The number of likely N-dealkylation sites (N-methyl/N-ethyl adjacent to an activating group) is 1. The summed E-state index contributed by atoms with van der Waals surface area (Å²) in [7, 11) is 1.87. The van der Waals surface area contributed by atoms with Crippen molar-refractivity contribution in [3.63, 3.8) is 0 Å². The molecule has 1 aliphatic carbocycles. The van der Waals surface area contributed by atoms with Crippen LogP contribution in [0.5, 0.6) is 5.75 Å². The van der Waals surface area contributed by atoms with Crippen LogP contribution in [-0.4, -0.2) is 50.1 Å². The van der Waals surface area contributed by atoms with Gasteiger partial charge < -0.3 is 14.8 Å². The molecule has 1 aromatic carbocycles. The van der Waals surface area contributed by atoms with E-state index >= 15 is 0 Å². The van der Waals surface area contributed by atoms with E-state index in [0.717, 1.165) is 24.2 Å². The van der Waals surface area contributed by atoms with Crippen molar-refractivity contribution in [3.8, 4) is 5.75 Å². The summed E-state index contributed by atoms with van der Waals surface area (Å²) in [4.78, 5) is 26.7. The summed E-state index contributed by atoms with van der Waals surface area (Å²) in [6.07, 6.45) is 2.17. The highest BCUT2D eigenvalue weighted by Crippen LogP contribution is 2.46. The lowest BCUT2D eigenvalue weighted by molar-refractivity contribution is -0.117. The van der Waals surface area contributed by atoms with E-state index in [2.05, 4.69) is 5.32 Å². The topological polar surface area (TPSA) is 67.9 Å². The largest absolute Gasteiger partial charge is 0.492 e. The van der Waals surface area contributed by atoms with E-state index in [-0.39, 0.29) is 18.4 Å². The van der Waals surface area contributed by atoms with Crippen molar-refractivity contribution < 1.29 is 19.1 Å². The molecule has 0 saturated heterocycles. The monoisotopic (exact) mass is 402 g/mol. The average molecular weight is 403 g/mol. The Bertz CT molecular complexity index is 802. The highest BCUT2D eigenvalue weighted by Gasteiger charge is 2.32. The molecule has 0 bridgehead atoms. The third-order valence-corrected chi connectivity index (χ3v) is 5.38. The molecule has 0 unspecified atom stereocenters. The molecule has 0 aliphatic heterocycles. The zero-order chi connectivity index (χ0) is 19.9. The third-order valence-electron chi connectivity index (χ3n) is 4.47. The van der Waals surface area contributed by atoms with E-state index in [1.165, 1.54) is 11.3 Å². The summed E-state index contributed by atoms with van der Waals surface area (Å²) >= 11 is 1.39. The molecule has 1 saturated carbocycles. The van der Waals surface area contributed by atoms with Crippen LogP contribution < -0.4 is 10.1 Å². The molecular weight excluding hydrogens is 376 g/mol. The van der Waals surface area contributed by atoms with Crippen molar-refractivity contribution >= 4 is 28.2 Å². The van der Waals surface area contributed by atoms with Crippen LogP contribution in [0.4, 0.5) is 5.00 Å². The van der Waals surface area contributed by atoms with Gasteiger partial charge in [0.15, 0.2) is 0 Å². The van der Waals surface area contributed by atoms with Crippen LogP contribution in [0.3, 0.4) is 0 Å². The summed E-state index contributed by atoms with van der Waals surface area (Å²) in [6, 6.07) is 9.58. The van der Waals surface area contributed by atoms with Gasteiger partial charge in [-0.3, -0.25) is 9.69 Å². The van der Waals surface area contributed by atoms with Gasteiger partial charge in [0.2, 0.25) is 5.91 Å². The molecule has 1 N–H and O–H groups in total. The number of nitrogens with zero attached hydrogens (tertiary/aromatic N) is 1. The van der Waals surface area contributed by atoms with Gasteiger partial charge in [-0.25, -0.2) is 4.79 Å². The zero-order valence-electron chi connectivity index (χ0n) is 16.3. The molecule has 6 nitrogen and oxygen atoms in total. The summed E-state index contributed by atoms with van der Waals surface area (Å²) in [5, 5.41) is 5.44. The summed E-state index contributed by atoms with van der Waals surface area (Å²) < 4.78 is 10.9. The van der Waals surface area contributed by atoms with Crippen LogP contribution in [0.2, 0.25) is 0 Å². The number of benzene rings is 1. The first-order chi connectivity index (χ1) is 13.6. The molecule has 0 spiro atoms. The average Bonchev–Trinajstić information content (AvgIpc) is 3.43. The minimum Gasteiger partial charge on any atom is -0.492 e. The van der Waals surface area contributed by atoms with Gasteiger partial charge in [0, 0.05) is 6.54 Å². The maximum Gasteiger partial charge on any atom is 0.341 e. The second-order valence-electron chi connectivity index (χ2n) is 6.84. The molecule has 150 valence electrons. The Morgan fingerprint density at radius 2 is 2.00 bits per heavy atom. The second kappa shape index (κ2) is 9.71. The number of esters is 1. The number of carbonyl (C=O) groups excluding carboxylic acids is 2. The fourth-order valence-corrected chi connectivity index (χ4v) is 3.95. The van der Waals surface area contributed by atoms with Crippen LogP contribution in [0.15, 0.2) is 35.7 Å². The van der Waals surface area contributed by atoms with Gasteiger partial charge in [-0.1, -0.05) is 18.2 Å². The number of rotatable bonds is 10. The van der Waals surface area contributed by atoms with Crippen LogP contribution in [-0.2, 0) is 9.53 Å². The first-order valence-corrected chi connectivity index (χ1v) is 10.4. The van der Waals surface area contributed by atoms with Crippen LogP contribution in [0, 0.1) is 0 Å². The standard InChI is InChI=1S/C21H26N2O4S/c1-3-26-21(25)19-17(15-9-10-15)14-28-20(19)22-18(24)13-23(2)11-12-27-16-7-5-4-6-8-16/h4-8,14-15H,3,9-13H2,1-2H3,(H,22,24). The number of carbonyl (C=O) groups is 2. The van der Waals surface area contributed by atoms with Crippen molar-refractivity contribution in [1.82, 2.24) is 4.90 Å². The molecule has 1 aliphatic rings. The number of ether oxygens (including phenoxy) is 2. The Morgan fingerprint density at radius 1 is 1.25 bits per heavy atom. The fourth-order valence-electron chi connectivity index (χ4n) is 2.90. The normalized spacial score (nSPS) is 13.4. The van der Waals surface area contributed by atoms with E-state index in [4.69, 9.17) is 9.47 Å². The molecule has 7 heteroatoms. The maximum atomic E-state index is 12.4. The first kappa shape index (κ1) is 20.4. The molecule has 0 radical (unpaired) electrons. The highest BCUT2D eigenvalue weighted by atomic mass is 32.1. The molecule has 1 heterocycles. The molecular formula is C21H26N2O4S. The molecule has 1 amide bonds. The molecule has 1 aromatic heterocycles. The number of hydrogen-bond acceptors (Lipinski definition) is 6. The van der Waals surface area contributed by atoms with Gasteiger partial charge in [0.1, 0.15) is 17.4 Å². The van der Waals surface area contributed by atoms with Crippen molar-refractivity contribution in [2.45, 2.75) is 25.7 Å². The van der Waals surface area contributed by atoms with Gasteiger partial charge in [-0.15, -0.1) is 11.3 Å². The molecule has 0 atom stereocenters. The van der Waals surface area contributed by atoms with Crippen molar-refractivity contribution in [2.75, 3.05) is 38.7 Å². The molecule has 3 rings (SSSR count). The lowest BCUT2D eigenvalue weighted by Crippen LogP contribution is -2.33. The number of thiophene rings is 1. The van der Waals surface area contributed by atoms with E-state index in [9.17, 15) is 9.59 Å². The number of anilines is 1. The lowest BCUT2D eigenvalue weighted by Gasteiger charge is -2.16. The Hall–Kier alpha value is -2.38. The van der Waals surface area contributed by atoms with Crippen molar-refractivity contribution in [3.05, 3.63) is 46.8 Å². The highest BCUT2D eigenvalue weighted by molar-refractivity contribution is 7.15. The number of hydrogen-bond donors (Lipinski definition) is 1. The van der Waals surface area contributed by atoms with E-state index in [1.54, 1.807) is 6.92 Å². The number of para-hydroxylation sites is 1. The van der Waals surface area contributed by atoms with Gasteiger partial charge in [-0.2, -0.15) is 0 Å². The van der Waals surface area contributed by atoms with Crippen LogP contribution >= 0.6 is 11.3 Å². The van der Waals surface area contributed by atoms with Crippen molar-refractivity contribution in [1.29, 1.82) is 0 Å².